The zero-order valence-electron chi connectivity index (χ0n) is 8.79. The zero-order chi connectivity index (χ0) is 11.9. The van der Waals surface area contributed by atoms with Gasteiger partial charge in [0.15, 0.2) is 6.10 Å². The van der Waals surface area contributed by atoms with E-state index in [9.17, 15) is 4.79 Å². The molecule has 0 aliphatic carbocycles. The summed E-state index contributed by atoms with van der Waals surface area (Å²) in [7, 11) is 1.33. The number of esters is 1. The number of ether oxygens (including phenoxy) is 2. The Labute approximate surface area is 103 Å². The van der Waals surface area contributed by atoms with E-state index in [0.717, 1.165) is 5.56 Å². The van der Waals surface area contributed by atoms with Crippen molar-refractivity contribution in [2.45, 2.75) is 18.6 Å². The normalized spacial score (nSPS) is 27.6. The Kier molecular flexibility index (Phi) is 2.86. The molecule has 0 saturated carbocycles. The van der Waals surface area contributed by atoms with Gasteiger partial charge in [-0.15, -0.1) is 0 Å². The smallest absolute Gasteiger partial charge is 0.338 e. The number of rotatable bonds is 2. The lowest BCUT2D eigenvalue weighted by atomic mass is 9.97. The summed E-state index contributed by atoms with van der Waals surface area (Å²) < 4.78 is 9.98. The van der Waals surface area contributed by atoms with Gasteiger partial charge in [0.05, 0.1) is 7.11 Å². The van der Waals surface area contributed by atoms with Crippen LogP contribution in [0.15, 0.2) is 18.2 Å². The summed E-state index contributed by atoms with van der Waals surface area (Å²) in [6, 6.07) is 5.09. The third-order valence-corrected chi connectivity index (χ3v) is 3.23. The first-order chi connectivity index (χ1) is 7.49. The van der Waals surface area contributed by atoms with E-state index in [1.165, 1.54) is 7.11 Å². The van der Waals surface area contributed by atoms with E-state index >= 15 is 0 Å². The van der Waals surface area contributed by atoms with Crippen LogP contribution in [0.2, 0.25) is 10.0 Å². The first-order valence-electron chi connectivity index (χ1n) is 4.70. The van der Waals surface area contributed by atoms with Gasteiger partial charge >= 0.3 is 5.97 Å². The molecule has 1 heterocycles. The van der Waals surface area contributed by atoms with Crippen LogP contribution in [-0.4, -0.2) is 19.2 Å². The molecule has 1 fully saturated rings. The van der Waals surface area contributed by atoms with E-state index in [1.54, 1.807) is 25.1 Å². The Hall–Kier alpha value is -0.770. The summed E-state index contributed by atoms with van der Waals surface area (Å²) in [5, 5.41) is 1.04. The largest absolute Gasteiger partial charge is 0.467 e. The van der Waals surface area contributed by atoms with Crippen molar-refractivity contribution in [1.82, 2.24) is 0 Å². The standard InChI is InChI=1S/C11H10Cl2O3/c1-11(9(16-11)10(14)15-2)7-4-3-6(12)5-8(7)13/h3-5,9H,1-2H3. The predicted octanol–water partition coefficient (Wildman–Crippen LogP) is 2.78. The fraction of sp³-hybridized carbons (Fsp3) is 0.364. The number of carbonyl (C=O) groups excluding carboxylic acids is 1. The molecule has 0 bridgehead atoms. The van der Waals surface area contributed by atoms with Crippen LogP contribution < -0.4 is 0 Å². The van der Waals surface area contributed by atoms with Gasteiger partial charge in [-0.1, -0.05) is 29.3 Å². The van der Waals surface area contributed by atoms with Crippen LogP contribution in [0.1, 0.15) is 12.5 Å². The van der Waals surface area contributed by atoms with Crippen LogP contribution in [0.5, 0.6) is 0 Å². The van der Waals surface area contributed by atoms with Crippen molar-refractivity contribution in [3.8, 4) is 0 Å². The van der Waals surface area contributed by atoms with E-state index in [4.69, 9.17) is 27.9 Å². The molecule has 1 aliphatic heterocycles. The van der Waals surface area contributed by atoms with Crippen LogP contribution in [0.3, 0.4) is 0 Å². The topological polar surface area (TPSA) is 38.8 Å². The SMILES string of the molecule is COC(=O)C1OC1(C)c1ccc(Cl)cc1Cl. The van der Waals surface area contributed by atoms with Crippen molar-refractivity contribution < 1.29 is 14.3 Å². The van der Waals surface area contributed by atoms with Gasteiger partial charge in [0.25, 0.3) is 0 Å². The Morgan fingerprint density at radius 3 is 2.75 bits per heavy atom. The quantitative estimate of drug-likeness (QED) is 0.607. The molecule has 0 spiro atoms. The molecular weight excluding hydrogens is 251 g/mol. The second-order valence-corrected chi connectivity index (χ2v) is 4.60. The fourth-order valence-electron chi connectivity index (χ4n) is 1.69. The van der Waals surface area contributed by atoms with E-state index in [0.29, 0.717) is 10.0 Å². The minimum Gasteiger partial charge on any atom is -0.467 e. The van der Waals surface area contributed by atoms with Crippen molar-refractivity contribution in [3.05, 3.63) is 33.8 Å². The molecule has 1 saturated heterocycles. The molecule has 1 aromatic rings. The lowest BCUT2D eigenvalue weighted by molar-refractivity contribution is -0.142. The van der Waals surface area contributed by atoms with E-state index in [-0.39, 0.29) is 0 Å². The monoisotopic (exact) mass is 260 g/mol. The highest BCUT2D eigenvalue weighted by molar-refractivity contribution is 6.35. The van der Waals surface area contributed by atoms with Gasteiger partial charge in [0.2, 0.25) is 0 Å². The molecule has 16 heavy (non-hydrogen) atoms. The molecule has 3 nitrogen and oxygen atoms in total. The number of epoxide rings is 1. The van der Waals surface area contributed by atoms with Crippen LogP contribution in [0, 0.1) is 0 Å². The first kappa shape index (κ1) is 11.7. The second kappa shape index (κ2) is 3.91. The molecular formula is C11H10Cl2O3. The van der Waals surface area contributed by atoms with Crippen molar-refractivity contribution in [2.75, 3.05) is 7.11 Å². The van der Waals surface area contributed by atoms with Crippen LogP contribution >= 0.6 is 23.2 Å². The average molecular weight is 261 g/mol. The maximum Gasteiger partial charge on any atom is 0.338 e. The summed E-state index contributed by atoms with van der Waals surface area (Å²) in [6.07, 6.45) is -0.587. The highest BCUT2D eigenvalue weighted by Crippen LogP contribution is 2.49. The van der Waals surface area contributed by atoms with E-state index in [1.807, 2.05) is 0 Å². The number of halogens is 2. The first-order valence-corrected chi connectivity index (χ1v) is 5.46. The predicted molar refractivity (Wildman–Crippen MR) is 60.7 cm³/mol. The molecule has 0 amide bonds. The molecule has 86 valence electrons. The van der Waals surface area contributed by atoms with Gasteiger partial charge in [-0.3, -0.25) is 0 Å². The third kappa shape index (κ3) is 1.79. The Morgan fingerprint density at radius 2 is 2.19 bits per heavy atom. The summed E-state index contributed by atoms with van der Waals surface area (Å²) in [5.74, 6) is -0.395. The van der Waals surface area contributed by atoms with Crippen molar-refractivity contribution in [3.63, 3.8) is 0 Å². The van der Waals surface area contributed by atoms with E-state index < -0.39 is 17.7 Å². The molecule has 0 N–H and O–H groups in total. The molecule has 1 aliphatic rings. The van der Waals surface area contributed by atoms with Crippen LogP contribution in [-0.2, 0) is 19.9 Å². The molecule has 2 unspecified atom stereocenters. The average Bonchev–Trinajstić information content (AvgIpc) is 2.90. The number of hydrogen-bond donors (Lipinski definition) is 0. The van der Waals surface area contributed by atoms with E-state index in [2.05, 4.69) is 4.74 Å². The molecule has 5 heteroatoms. The molecule has 0 radical (unpaired) electrons. The fourth-order valence-corrected chi connectivity index (χ4v) is 2.28. The molecule has 2 atom stereocenters. The lowest BCUT2D eigenvalue weighted by Crippen LogP contribution is -2.17. The maximum atomic E-state index is 11.3. The summed E-state index contributed by atoms with van der Waals surface area (Å²) in [6.45, 7) is 1.80. The second-order valence-electron chi connectivity index (χ2n) is 3.75. The Morgan fingerprint density at radius 1 is 1.50 bits per heavy atom. The zero-order valence-corrected chi connectivity index (χ0v) is 10.3. The molecule has 2 rings (SSSR count). The summed E-state index contributed by atoms with van der Waals surface area (Å²) in [4.78, 5) is 11.3. The third-order valence-electron chi connectivity index (χ3n) is 2.69. The van der Waals surface area contributed by atoms with Gasteiger partial charge < -0.3 is 9.47 Å². The van der Waals surface area contributed by atoms with Crippen LogP contribution in [0.4, 0.5) is 0 Å². The number of carbonyl (C=O) groups is 1. The van der Waals surface area contributed by atoms with Crippen molar-refractivity contribution in [2.24, 2.45) is 0 Å². The Bertz CT molecular complexity index is 447. The number of methoxy groups -OCH3 is 1. The van der Waals surface area contributed by atoms with Gasteiger partial charge in [-0.25, -0.2) is 4.79 Å². The highest BCUT2D eigenvalue weighted by atomic mass is 35.5. The van der Waals surface area contributed by atoms with Gasteiger partial charge in [-0.2, -0.15) is 0 Å². The van der Waals surface area contributed by atoms with Crippen molar-refractivity contribution in [1.29, 1.82) is 0 Å². The van der Waals surface area contributed by atoms with Gasteiger partial charge in [-0.05, 0) is 19.1 Å². The summed E-state index contributed by atoms with van der Waals surface area (Å²) >= 11 is 11.8. The maximum absolute atomic E-state index is 11.3. The lowest BCUT2D eigenvalue weighted by Gasteiger charge is -2.09. The van der Waals surface area contributed by atoms with Crippen molar-refractivity contribution >= 4 is 29.2 Å². The van der Waals surface area contributed by atoms with Gasteiger partial charge in [0, 0.05) is 15.6 Å². The van der Waals surface area contributed by atoms with Crippen LogP contribution in [0.25, 0.3) is 0 Å². The minimum absolute atomic E-state index is 0.395. The summed E-state index contributed by atoms with van der Waals surface area (Å²) in [5.41, 5.74) is 0.0448. The number of hydrogen-bond acceptors (Lipinski definition) is 3. The molecule has 0 aromatic heterocycles. The minimum atomic E-state index is -0.700. The number of benzene rings is 1. The highest BCUT2D eigenvalue weighted by Gasteiger charge is 2.59. The molecule has 1 aromatic carbocycles. The van der Waals surface area contributed by atoms with Gasteiger partial charge in [0.1, 0.15) is 5.60 Å². The Balaban J connectivity index is 2.30.